The highest BCUT2D eigenvalue weighted by atomic mass is 32.2. The molecule has 0 fully saturated rings. The van der Waals surface area contributed by atoms with Crippen molar-refractivity contribution in [3.63, 3.8) is 0 Å². The van der Waals surface area contributed by atoms with E-state index in [1.165, 1.54) is 41.3 Å². The average molecular weight is 291 g/mol. The predicted molar refractivity (Wildman–Crippen MR) is 69.7 cm³/mol. The molecule has 0 saturated carbocycles. The highest BCUT2D eigenvalue weighted by Crippen LogP contribution is 2.48. The predicted octanol–water partition coefficient (Wildman–Crippen LogP) is 2.73. The van der Waals surface area contributed by atoms with E-state index >= 15 is 0 Å². The summed E-state index contributed by atoms with van der Waals surface area (Å²) in [5.74, 6) is 0. The van der Waals surface area contributed by atoms with Gasteiger partial charge >= 0.3 is 0 Å². The number of nitrogens with one attached hydrogen (secondary N) is 1. The molecule has 88 valence electrons. The van der Waals surface area contributed by atoms with Crippen molar-refractivity contribution in [2.45, 2.75) is 26.9 Å². The average Bonchev–Trinajstić information content (AvgIpc) is 2.77. The zero-order valence-electron chi connectivity index (χ0n) is 9.09. The number of aryl methyl sites for hydroxylation is 1. The summed E-state index contributed by atoms with van der Waals surface area (Å²) in [5, 5.41) is 18.7. The minimum atomic E-state index is 0.352. The molecule has 0 atom stereocenters. The van der Waals surface area contributed by atoms with Crippen LogP contribution in [0.3, 0.4) is 0 Å². The summed E-state index contributed by atoms with van der Waals surface area (Å²) in [6.45, 7) is 1.77. The van der Waals surface area contributed by atoms with E-state index in [-0.39, 0.29) is 0 Å². The Morgan fingerprint density at radius 3 is 2.72 bits per heavy atom. The van der Waals surface area contributed by atoms with Crippen molar-refractivity contribution < 1.29 is 0 Å². The fourth-order valence-electron chi connectivity index (χ4n) is 1.44. The third kappa shape index (κ3) is 1.71. The van der Waals surface area contributed by atoms with Gasteiger partial charge in [0.2, 0.25) is 0 Å². The molecule has 3 heterocycles. The van der Waals surface area contributed by atoms with Crippen molar-refractivity contribution in [3.8, 4) is 6.07 Å². The molecular formula is C10H5N5S3. The number of nitrogens with zero attached hydrogens (tertiary/aromatic N) is 4. The highest BCUT2D eigenvalue weighted by Gasteiger charge is 2.25. The summed E-state index contributed by atoms with van der Waals surface area (Å²) < 4.78 is 4.30. The number of aromatic nitrogens is 3. The van der Waals surface area contributed by atoms with Gasteiger partial charge in [-0.2, -0.15) is 9.64 Å². The van der Waals surface area contributed by atoms with Crippen LogP contribution in [0.5, 0.6) is 0 Å². The fraction of sp³-hybridized carbons (Fsp3) is 0.100. The van der Waals surface area contributed by atoms with E-state index in [1.54, 1.807) is 6.92 Å². The quantitative estimate of drug-likeness (QED) is 0.694. The first-order valence-electron chi connectivity index (χ1n) is 4.87. The second kappa shape index (κ2) is 4.35. The van der Waals surface area contributed by atoms with Crippen molar-refractivity contribution in [1.82, 2.24) is 14.3 Å². The van der Waals surface area contributed by atoms with Crippen LogP contribution in [0.4, 0.5) is 0 Å². The third-order valence-electron chi connectivity index (χ3n) is 2.28. The lowest BCUT2D eigenvalue weighted by molar-refractivity contribution is 0.863. The number of nitriles is 1. The van der Waals surface area contributed by atoms with Gasteiger partial charge in [0.25, 0.3) is 0 Å². The summed E-state index contributed by atoms with van der Waals surface area (Å²) in [4.78, 5) is 10.4. The second-order valence-corrected chi connectivity index (χ2v) is 6.19. The van der Waals surface area contributed by atoms with Crippen molar-refractivity contribution in [3.05, 3.63) is 16.3 Å². The van der Waals surface area contributed by atoms with Crippen molar-refractivity contribution in [2.75, 3.05) is 0 Å². The van der Waals surface area contributed by atoms with Crippen molar-refractivity contribution in [1.29, 1.82) is 10.7 Å². The molecule has 2 aromatic rings. The maximum Gasteiger partial charge on any atom is 0.163 e. The summed E-state index contributed by atoms with van der Waals surface area (Å²) >= 11 is 4.17. The summed E-state index contributed by atoms with van der Waals surface area (Å²) in [6.07, 6.45) is 1.29. The Morgan fingerprint density at radius 2 is 2.00 bits per heavy atom. The van der Waals surface area contributed by atoms with Gasteiger partial charge < -0.3 is 5.41 Å². The van der Waals surface area contributed by atoms with Gasteiger partial charge in [-0.05, 0) is 30.2 Å². The minimum absolute atomic E-state index is 0.352. The van der Waals surface area contributed by atoms with Crippen LogP contribution in [0.1, 0.15) is 16.3 Å². The lowest BCUT2D eigenvalue weighted by Gasteiger charge is -2.13. The molecular weight excluding hydrogens is 286 g/mol. The van der Waals surface area contributed by atoms with Gasteiger partial charge in [0.15, 0.2) is 5.69 Å². The van der Waals surface area contributed by atoms with Gasteiger partial charge in [-0.1, -0.05) is 11.8 Å². The van der Waals surface area contributed by atoms with Gasteiger partial charge in [0, 0.05) is 6.21 Å². The normalized spacial score (nSPS) is 12.4. The molecule has 0 aliphatic carbocycles. The van der Waals surface area contributed by atoms with Gasteiger partial charge in [-0.25, -0.2) is 9.97 Å². The molecule has 2 aromatic heterocycles. The molecule has 18 heavy (non-hydrogen) atoms. The van der Waals surface area contributed by atoms with Crippen molar-refractivity contribution in [2.24, 2.45) is 0 Å². The number of fused-ring (bicyclic) bond motifs is 2. The Labute approximate surface area is 115 Å². The largest absolute Gasteiger partial charge is 0.307 e. The smallest absolute Gasteiger partial charge is 0.163 e. The zero-order valence-corrected chi connectivity index (χ0v) is 11.5. The Balaban J connectivity index is 2.13. The zero-order chi connectivity index (χ0) is 12.7. The van der Waals surface area contributed by atoms with Crippen LogP contribution < -0.4 is 0 Å². The molecule has 0 spiro atoms. The van der Waals surface area contributed by atoms with E-state index < -0.39 is 0 Å². The van der Waals surface area contributed by atoms with Gasteiger partial charge in [0.1, 0.15) is 21.1 Å². The van der Waals surface area contributed by atoms with Crippen LogP contribution >= 0.6 is 35.1 Å². The SMILES string of the molecule is Cc1nc2c(nc1C#N)Sc1c(nsc1C=N)S2. The molecule has 8 heteroatoms. The lowest BCUT2D eigenvalue weighted by Crippen LogP contribution is -2.01. The molecule has 1 aliphatic rings. The van der Waals surface area contributed by atoms with Gasteiger partial charge in [0.05, 0.1) is 15.5 Å². The van der Waals surface area contributed by atoms with Crippen molar-refractivity contribution >= 4 is 41.3 Å². The summed E-state index contributed by atoms with van der Waals surface area (Å²) in [5.41, 5.74) is 0.986. The summed E-state index contributed by atoms with van der Waals surface area (Å²) in [6, 6.07) is 2.04. The van der Waals surface area contributed by atoms with E-state index in [1.807, 2.05) is 6.07 Å². The van der Waals surface area contributed by atoms with Crippen LogP contribution in [0.15, 0.2) is 20.0 Å². The van der Waals surface area contributed by atoms with Gasteiger partial charge in [-0.3, -0.25) is 0 Å². The molecule has 0 aromatic carbocycles. The maximum absolute atomic E-state index is 8.96. The number of hydrogen-bond acceptors (Lipinski definition) is 8. The van der Waals surface area contributed by atoms with E-state index in [2.05, 4.69) is 14.3 Å². The monoisotopic (exact) mass is 291 g/mol. The molecule has 0 radical (unpaired) electrons. The Hall–Kier alpha value is -1.43. The first-order valence-corrected chi connectivity index (χ1v) is 7.28. The fourth-order valence-corrected chi connectivity index (χ4v) is 4.52. The number of rotatable bonds is 1. The van der Waals surface area contributed by atoms with E-state index in [0.29, 0.717) is 11.4 Å². The molecule has 0 bridgehead atoms. The third-order valence-corrected chi connectivity index (χ3v) is 5.64. The first kappa shape index (κ1) is 11.6. The van der Waals surface area contributed by atoms with E-state index in [0.717, 1.165) is 24.9 Å². The molecule has 1 aliphatic heterocycles. The number of hydrogen-bond donors (Lipinski definition) is 1. The van der Waals surface area contributed by atoms with Crippen LogP contribution in [0.2, 0.25) is 0 Å². The molecule has 0 unspecified atom stereocenters. The molecule has 5 nitrogen and oxygen atoms in total. The highest BCUT2D eigenvalue weighted by molar-refractivity contribution is 8.05. The maximum atomic E-state index is 8.96. The first-order chi connectivity index (χ1) is 8.72. The Bertz CT molecular complexity index is 700. The van der Waals surface area contributed by atoms with Crippen LogP contribution in [0, 0.1) is 23.7 Å². The van der Waals surface area contributed by atoms with Crippen LogP contribution in [-0.2, 0) is 0 Å². The van der Waals surface area contributed by atoms with Gasteiger partial charge in [-0.15, -0.1) is 0 Å². The summed E-state index contributed by atoms with van der Waals surface area (Å²) in [7, 11) is 0. The Morgan fingerprint density at radius 1 is 1.22 bits per heavy atom. The molecule has 3 rings (SSSR count). The lowest BCUT2D eigenvalue weighted by atomic mass is 10.3. The van der Waals surface area contributed by atoms with E-state index in [4.69, 9.17) is 10.7 Å². The molecule has 1 N–H and O–H groups in total. The topological polar surface area (TPSA) is 86.3 Å². The van der Waals surface area contributed by atoms with Crippen LogP contribution in [-0.4, -0.2) is 20.6 Å². The Kier molecular flexibility index (Phi) is 2.81. The standard InChI is InChI=1S/C10H5N5S3/c1-4-5(2-11)14-10-9(13-4)17-8-7(16-10)6(3-12)18-15-8/h3,12H,1H3. The van der Waals surface area contributed by atoms with E-state index in [9.17, 15) is 0 Å². The molecule has 0 saturated heterocycles. The molecule has 0 amide bonds. The minimum Gasteiger partial charge on any atom is -0.307 e. The second-order valence-electron chi connectivity index (χ2n) is 3.41. The van der Waals surface area contributed by atoms with Crippen LogP contribution in [0.25, 0.3) is 0 Å².